The second kappa shape index (κ2) is 13.4. The third-order valence-corrected chi connectivity index (χ3v) is 9.95. The molecule has 4 atom stereocenters. The van der Waals surface area contributed by atoms with Crippen LogP contribution >= 0.6 is 0 Å². The summed E-state index contributed by atoms with van der Waals surface area (Å²) in [5.41, 5.74) is -0.597. The van der Waals surface area contributed by atoms with E-state index in [-0.39, 0.29) is 41.8 Å². The first-order chi connectivity index (χ1) is 24.4. The summed E-state index contributed by atoms with van der Waals surface area (Å²) in [4.78, 5) is 58.1. The molecule has 3 aliphatic carbocycles. The van der Waals surface area contributed by atoms with Gasteiger partial charge >= 0.3 is 12.2 Å². The number of fused-ring (bicyclic) bond motifs is 3. The number of anilines is 2. The van der Waals surface area contributed by atoms with Crippen LogP contribution in [0.15, 0.2) is 53.0 Å². The number of allylic oxidation sites excluding steroid dienone is 1. The molecule has 14 nitrogen and oxygen atoms in total. The number of Topliss-reactive ketones (excluding diaryl/α,β-unsaturated/α-hetero) is 2. The first-order valence-corrected chi connectivity index (χ1v) is 16.6. The molecule has 0 saturated carbocycles. The Hall–Kier alpha value is -5.13. The number of nitrogens with two attached hydrogens (primary N) is 1. The van der Waals surface area contributed by atoms with Gasteiger partial charge in [-0.1, -0.05) is 0 Å². The van der Waals surface area contributed by atoms with E-state index in [2.05, 4.69) is 5.32 Å². The predicted octanol–water partition coefficient (Wildman–Crippen LogP) is 3.01. The molecule has 0 fully saturated rings. The van der Waals surface area contributed by atoms with Crippen LogP contribution in [0.2, 0.25) is 0 Å². The Morgan fingerprint density at radius 1 is 1.04 bits per heavy atom. The van der Waals surface area contributed by atoms with Gasteiger partial charge in [-0.15, -0.1) is 0 Å². The standard InChI is InChI=1S/C36H42F3N5O9/c1-34(2,52)15-44(33(51)41-19-9-7-18(8-10-19)36(37,38)39)14-17-13-22(42(3)4)20-11-16-12-21-26(43(5)6)29(47)25(32(40)50)31(49)35(21,53)30(48)23(16)28(46)24(20)27(17)45/h7-10,13,16,21,26,45,47-48,52-53H,11-12,14-15H2,1-6H3,(H2,40,50)(H,41,51)/t16-,21-,26-,35-/m0/s1. The van der Waals surface area contributed by atoms with Gasteiger partial charge in [0.2, 0.25) is 5.78 Å². The second-order valence-electron chi connectivity index (χ2n) is 14.8. The average molecular weight is 746 g/mol. The number of primary amides is 1. The molecule has 8 N–H and O–H groups in total. The summed E-state index contributed by atoms with van der Waals surface area (Å²) >= 11 is 0. The van der Waals surface area contributed by atoms with E-state index < -0.39 is 93.7 Å². The van der Waals surface area contributed by atoms with Crippen molar-refractivity contribution in [2.45, 2.75) is 56.7 Å². The molecule has 0 saturated heterocycles. The van der Waals surface area contributed by atoms with E-state index in [1.165, 1.54) is 32.8 Å². The number of ketones is 2. The zero-order valence-electron chi connectivity index (χ0n) is 29.9. The number of alkyl halides is 3. The van der Waals surface area contributed by atoms with Crippen LogP contribution in [0.3, 0.4) is 0 Å². The van der Waals surface area contributed by atoms with Crippen LogP contribution in [0, 0.1) is 11.8 Å². The number of carbonyl (C=O) groups is 4. The molecule has 0 radical (unpaired) electrons. The number of halogens is 3. The van der Waals surface area contributed by atoms with E-state index in [1.54, 1.807) is 25.1 Å². The molecule has 2 aromatic carbocycles. The number of rotatable bonds is 8. The fourth-order valence-electron chi connectivity index (χ4n) is 7.69. The zero-order valence-corrected chi connectivity index (χ0v) is 29.9. The van der Waals surface area contributed by atoms with Crippen molar-refractivity contribution in [1.29, 1.82) is 0 Å². The van der Waals surface area contributed by atoms with Crippen molar-refractivity contribution in [3.05, 3.63) is 75.3 Å². The van der Waals surface area contributed by atoms with Crippen molar-refractivity contribution in [1.82, 2.24) is 9.80 Å². The summed E-state index contributed by atoms with van der Waals surface area (Å²) in [6.45, 7) is 2.07. The average Bonchev–Trinajstić information content (AvgIpc) is 3.02. The van der Waals surface area contributed by atoms with Gasteiger partial charge in [0.1, 0.15) is 22.8 Å². The number of aromatic hydroxyl groups is 1. The van der Waals surface area contributed by atoms with Gasteiger partial charge in [0.15, 0.2) is 11.4 Å². The quantitative estimate of drug-likeness (QED) is 0.195. The second-order valence-corrected chi connectivity index (χ2v) is 14.8. The summed E-state index contributed by atoms with van der Waals surface area (Å²) < 4.78 is 39.3. The summed E-state index contributed by atoms with van der Waals surface area (Å²) in [6, 6.07) is 3.23. The lowest BCUT2D eigenvalue weighted by Crippen LogP contribution is -2.63. The van der Waals surface area contributed by atoms with Crippen molar-refractivity contribution < 1.29 is 57.9 Å². The van der Waals surface area contributed by atoms with Gasteiger partial charge in [-0.2, -0.15) is 13.2 Å². The van der Waals surface area contributed by atoms with Crippen LogP contribution in [0.1, 0.15) is 47.3 Å². The number of nitrogens with zero attached hydrogens (tertiary/aromatic N) is 3. The van der Waals surface area contributed by atoms with E-state index in [0.717, 1.165) is 29.2 Å². The highest BCUT2D eigenvalue weighted by Gasteiger charge is 2.63. The fraction of sp³-hybridized carbons (Fsp3) is 0.444. The molecule has 5 rings (SSSR count). The van der Waals surface area contributed by atoms with Gasteiger partial charge in [-0.25, -0.2) is 4.79 Å². The minimum absolute atomic E-state index is 0.0148. The van der Waals surface area contributed by atoms with E-state index in [9.17, 15) is 57.9 Å². The summed E-state index contributed by atoms with van der Waals surface area (Å²) in [7, 11) is 6.40. The minimum atomic E-state index is -4.60. The molecular weight excluding hydrogens is 703 g/mol. The van der Waals surface area contributed by atoms with Gasteiger partial charge in [0.05, 0.1) is 35.9 Å². The lowest BCUT2D eigenvalue weighted by Gasteiger charge is -2.50. The van der Waals surface area contributed by atoms with Crippen molar-refractivity contribution >= 4 is 34.9 Å². The lowest BCUT2D eigenvalue weighted by atomic mass is 9.58. The van der Waals surface area contributed by atoms with E-state index in [4.69, 9.17) is 5.73 Å². The monoisotopic (exact) mass is 745 g/mol. The minimum Gasteiger partial charge on any atom is -0.510 e. The first-order valence-electron chi connectivity index (χ1n) is 16.6. The molecule has 0 aliphatic heterocycles. The van der Waals surface area contributed by atoms with E-state index in [0.29, 0.717) is 11.3 Å². The van der Waals surface area contributed by atoms with Crippen molar-refractivity contribution in [2.24, 2.45) is 17.6 Å². The molecule has 3 aliphatic rings. The lowest BCUT2D eigenvalue weighted by molar-refractivity contribution is -0.148. The molecule has 0 heterocycles. The number of hydrogen-bond donors (Lipinski definition) is 7. The van der Waals surface area contributed by atoms with Gasteiger partial charge in [-0.05, 0) is 82.6 Å². The van der Waals surface area contributed by atoms with Crippen molar-refractivity contribution in [2.75, 3.05) is 45.0 Å². The number of aliphatic hydroxyl groups is 4. The maximum atomic E-state index is 14.4. The van der Waals surface area contributed by atoms with Crippen LogP contribution in [0.25, 0.3) is 0 Å². The number of likely N-dealkylation sites (N-methyl/N-ethyl adjacent to an activating group) is 1. The highest BCUT2D eigenvalue weighted by atomic mass is 19.4. The predicted molar refractivity (Wildman–Crippen MR) is 185 cm³/mol. The molecule has 17 heteroatoms. The van der Waals surface area contributed by atoms with Crippen molar-refractivity contribution in [3.8, 4) is 5.75 Å². The highest BCUT2D eigenvalue weighted by molar-refractivity contribution is 6.25. The fourth-order valence-corrected chi connectivity index (χ4v) is 7.69. The number of carbonyl (C=O) groups excluding carboxylic acids is 4. The first kappa shape index (κ1) is 39.1. The number of aliphatic hydroxyl groups excluding tert-OH is 2. The third kappa shape index (κ3) is 6.79. The van der Waals surface area contributed by atoms with Crippen molar-refractivity contribution in [3.63, 3.8) is 0 Å². The molecule has 286 valence electrons. The molecular formula is C36H42F3N5O9. The summed E-state index contributed by atoms with van der Waals surface area (Å²) in [6.07, 6.45) is -4.68. The summed E-state index contributed by atoms with van der Waals surface area (Å²) in [5.74, 6) is -7.98. The Labute approximate surface area is 302 Å². The van der Waals surface area contributed by atoms with Gasteiger partial charge in [0.25, 0.3) is 5.91 Å². The molecule has 0 spiro atoms. The topological polar surface area (TPSA) is 217 Å². The molecule has 0 bridgehead atoms. The Balaban J connectivity index is 1.59. The van der Waals surface area contributed by atoms with Crippen LogP contribution in [0.5, 0.6) is 5.75 Å². The number of nitrogens with one attached hydrogen (secondary N) is 1. The van der Waals surface area contributed by atoms with E-state index in [1.807, 2.05) is 0 Å². The normalized spacial score (nSPS) is 23.1. The highest BCUT2D eigenvalue weighted by Crippen LogP contribution is 2.53. The number of hydrogen-bond acceptors (Lipinski definition) is 11. The molecule has 2 aromatic rings. The van der Waals surface area contributed by atoms with E-state index >= 15 is 0 Å². The Bertz CT molecular complexity index is 1950. The summed E-state index contributed by atoms with van der Waals surface area (Å²) in [5, 5.41) is 59.5. The number of benzene rings is 2. The van der Waals surface area contributed by atoms with Crippen LogP contribution in [0.4, 0.5) is 29.3 Å². The van der Waals surface area contributed by atoms with Gasteiger partial charge < -0.3 is 46.4 Å². The maximum absolute atomic E-state index is 14.4. The van der Waals surface area contributed by atoms with Crippen LogP contribution in [-0.2, 0) is 28.7 Å². The molecule has 53 heavy (non-hydrogen) atoms. The molecule has 0 aromatic heterocycles. The van der Waals surface area contributed by atoms with Gasteiger partial charge in [-0.3, -0.25) is 19.3 Å². The molecule has 3 amide bonds. The maximum Gasteiger partial charge on any atom is 0.416 e. The number of amides is 3. The zero-order chi connectivity index (χ0) is 39.7. The van der Waals surface area contributed by atoms with Gasteiger partial charge in [0, 0.05) is 42.5 Å². The Morgan fingerprint density at radius 3 is 2.15 bits per heavy atom. The largest absolute Gasteiger partial charge is 0.510 e. The SMILES string of the molecule is CN(C)c1cc(CN(CC(C)(C)O)C(=O)Nc2ccc(C(F)(F)F)cc2)c(O)c2c1C[C@H]1C[C@H]3[C@H](N(C)C)C(O)=C(C(N)=O)C(=O)[C@@]3(O)C(O)=C1C2=O. The number of phenolic OH excluding ortho intramolecular Hbond substituents is 1. The van der Waals surface area contributed by atoms with Crippen LogP contribution < -0.4 is 16.0 Å². The number of urea groups is 1. The Morgan fingerprint density at radius 2 is 1.64 bits per heavy atom. The Kier molecular flexibility index (Phi) is 9.86. The third-order valence-electron chi connectivity index (χ3n) is 9.95. The van der Waals surface area contributed by atoms with Crippen LogP contribution in [-0.4, -0.2) is 111 Å². The smallest absolute Gasteiger partial charge is 0.416 e. The molecule has 0 unspecified atom stereocenters. The number of phenols is 1.